The lowest BCUT2D eigenvalue weighted by Gasteiger charge is -2.03. The van der Waals surface area contributed by atoms with Crippen LogP contribution in [-0.4, -0.2) is 18.1 Å². The first-order chi connectivity index (χ1) is 11.8. The molecule has 0 spiro atoms. The maximum atomic E-state index is 11.4. The third kappa shape index (κ3) is 4.92. The van der Waals surface area contributed by atoms with Crippen molar-refractivity contribution in [2.45, 2.75) is 13.1 Å². The summed E-state index contributed by atoms with van der Waals surface area (Å²) in [4.78, 5) is 15.5. The number of nitrogens with zero attached hydrogens (tertiary/aromatic N) is 1. The zero-order chi connectivity index (χ0) is 16.8. The van der Waals surface area contributed by atoms with E-state index in [1.807, 2.05) is 42.6 Å². The van der Waals surface area contributed by atoms with Crippen molar-refractivity contribution in [3.05, 3.63) is 77.8 Å². The lowest BCUT2D eigenvalue weighted by molar-refractivity contribution is 0.0600. The quantitative estimate of drug-likeness (QED) is 0.678. The fourth-order valence-electron chi connectivity index (χ4n) is 2.35. The largest absolute Gasteiger partial charge is 0.465 e. The zero-order valence-electron chi connectivity index (χ0n) is 13.8. The van der Waals surface area contributed by atoms with E-state index in [0.717, 1.165) is 29.2 Å². The minimum atomic E-state index is -0.346. The Morgan fingerprint density at radius 1 is 1.12 bits per heavy atom. The van der Waals surface area contributed by atoms with Crippen LogP contribution in [0.15, 0.2) is 65.3 Å². The fourth-order valence-corrected chi connectivity index (χ4v) is 2.35. The molecule has 130 valence electrons. The second kappa shape index (κ2) is 9.01. The molecule has 0 aliphatic heterocycles. The smallest absolute Gasteiger partial charge is 0.337 e. The van der Waals surface area contributed by atoms with Crippen molar-refractivity contribution >= 4 is 18.4 Å². The second-order valence-corrected chi connectivity index (χ2v) is 5.30. The Morgan fingerprint density at radius 2 is 1.92 bits per heavy atom. The van der Waals surface area contributed by atoms with Gasteiger partial charge in [-0.25, -0.2) is 4.79 Å². The van der Waals surface area contributed by atoms with E-state index in [1.165, 1.54) is 7.11 Å². The van der Waals surface area contributed by atoms with E-state index in [1.54, 1.807) is 18.3 Å². The molecule has 1 aromatic carbocycles. The number of rotatable bonds is 6. The van der Waals surface area contributed by atoms with E-state index in [-0.39, 0.29) is 18.4 Å². The van der Waals surface area contributed by atoms with E-state index < -0.39 is 0 Å². The van der Waals surface area contributed by atoms with Gasteiger partial charge in [-0.1, -0.05) is 18.2 Å². The molecule has 0 atom stereocenters. The fraction of sp³-hybridized carbons (Fsp3) is 0.158. The van der Waals surface area contributed by atoms with Crippen LogP contribution in [0.4, 0.5) is 0 Å². The average Bonchev–Trinajstić information content (AvgIpc) is 3.11. The maximum Gasteiger partial charge on any atom is 0.337 e. The molecule has 0 radical (unpaired) electrons. The van der Waals surface area contributed by atoms with Gasteiger partial charge < -0.3 is 14.5 Å². The third-order valence-electron chi connectivity index (χ3n) is 3.60. The van der Waals surface area contributed by atoms with Gasteiger partial charge in [0.2, 0.25) is 0 Å². The molecule has 0 aliphatic carbocycles. The Morgan fingerprint density at radius 3 is 2.60 bits per heavy atom. The number of pyridine rings is 1. The van der Waals surface area contributed by atoms with Crippen molar-refractivity contribution in [3.8, 4) is 11.3 Å². The number of hydrogen-bond acceptors (Lipinski definition) is 5. The summed E-state index contributed by atoms with van der Waals surface area (Å²) in [5, 5.41) is 3.32. The summed E-state index contributed by atoms with van der Waals surface area (Å²) in [5.74, 6) is 1.27. The van der Waals surface area contributed by atoms with E-state index in [2.05, 4.69) is 10.3 Å². The van der Waals surface area contributed by atoms with E-state index >= 15 is 0 Å². The van der Waals surface area contributed by atoms with Gasteiger partial charge in [-0.3, -0.25) is 4.98 Å². The Labute approximate surface area is 152 Å². The molecule has 0 saturated heterocycles. The topological polar surface area (TPSA) is 64.4 Å². The summed E-state index contributed by atoms with van der Waals surface area (Å²) < 4.78 is 10.5. The minimum absolute atomic E-state index is 0. The van der Waals surface area contributed by atoms with Crippen LogP contribution in [0.1, 0.15) is 21.7 Å². The number of benzene rings is 1. The normalized spacial score (nSPS) is 10.1. The highest BCUT2D eigenvalue weighted by Gasteiger charge is 2.08. The van der Waals surface area contributed by atoms with Crippen molar-refractivity contribution in [2.24, 2.45) is 0 Å². The number of carbonyl (C=O) groups is 1. The highest BCUT2D eigenvalue weighted by molar-refractivity contribution is 5.89. The number of ether oxygens (including phenoxy) is 1. The molecule has 0 amide bonds. The molecule has 2 aromatic heterocycles. The van der Waals surface area contributed by atoms with Crippen molar-refractivity contribution in [3.63, 3.8) is 0 Å². The predicted molar refractivity (Wildman–Crippen MR) is 97.5 cm³/mol. The standard InChI is InChI=1S/C19H18N2O3.ClH/c1-23-19(22)16-6-4-15(5-7-16)18-9-8-17(24-18)13-21-12-14-3-2-10-20-11-14;/h2-11,21H,12-13H2,1H3;1H. The lowest BCUT2D eigenvalue weighted by Crippen LogP contribution is -2.12. The van der Waals surface area contributed by atoms with Crippen LogP contribution in [0.2, 0.25) is 0 Å². The third-order valence-corrected chi connectivity index (χ3v) is 3.60. The van der Waals surface area contributed by atoms with Crippen molar-refractivity contribution < 1.29 is 13.9 Å². The van der Waals surface area contributed by atoms with Crippen LogP contribution in [0.3, 0.4) is 0 Å². The van der Waals surface area contributed by atoms with Gasteiger partial charge in [-0.2, -0.15) is 0 Å². The SMILES string of the molecule is COC(=O)c1ccc(-c2ccc(CNCc3cccnc3)o2)cc1.Cl. The Bertz CT molecular complexity index is 801. The Balaban J connectivity index is 0.00000225. The summed E-state index contributed by atoms with van der Waals surface area (Å²) >= 11 is 0. The van der Waals surface area contributed by atoms with E-state index in [9.17, 15) is 4.79 Å². The minimum Gasteiger partial charge on any atom is -0.465 e. The van der Waals surface area contributed by atoms with Crippen molar-refractivity contribution in [1.82, 2.24) is 10.3 Å². The average molecular weight is 359 g/mol. The summed E-state index contributed by atoms with van der Waals surface area (Å²) in [7, 11) is 1.37. The first kappa shape index (κ1) is 18.7. The number of methoxy groups -OCH3 is 1. The van der Waals surface area contributed by atoms with Crippen LogP contribution < -0.4 is 5.32 Å². The molecule has 25 heavy (non-hydrogen) atoms. The number of halogens is 1. The first-order valence-electron chi connectivity index (χ1n) is 7.63. The molecule has 6 heteroatoms. The number of aromatic nitrogens is 1. The van der Waals surface area contributed by atoms with Crippen LogP contribution in [0.25, 0.3) is 11.3 Å². The lowest BCUT2D eigenvalue weighted by atomic mass is 10.1. The monoisotopic (exact) mass is 358 g/mol. The first-order valence-corrected chi connectivity index (χ1v) is 7.63. The predicted octanol–water partition coefficient (Wildman–Crippen LogP) is 3.84. The molecule has 3 aromatic rings. The molecule has 0 aliphatic rings. The molecule has 2 heterocycles. The van der Waals surface area contributed by atoms with Crippen LogP contribution >= 0.6 is 12.4 Å². The molecule has 1 N–H and O–H groups in total. The van der Waals surface area contributed by atoms with E-state index in [4.69, 9.17) is 9.15 Å². The molecule has 0 saturated carbocycles. The van der Waals surface area contributed by atoms with Gasteiger partial charge in [0.05, 0.1) is 19.2 Å². The number of hydrogen-bond donors (Lipinski definition) is 1. The molecule has 0 bridgehead atoms. The molecular formula is C19H19ClN2O3. The van der Waals surface area contributed by atoms with Gasteiger partial charge in [0.1, 0.15) is 11.5 Å². The molecule has 5 nitrogen and oxygen atoms in total. The summed E-state index contributed by atoms with van der Waals surface area (Å²) in [6.45, 7) is 1.37. The highest BCUT2D eigenvalue weighted by atomic mass is 35.5. The Hall–Kier alpha value is -2.63. The molecule has 0 unspecified atom stereocenters. The van der Waals surface area contributed by atoms with Crippen LogP contribution in [0.5, 0.6) is 0 Å². The van der Waals surface area contributed by atoms with Gasteiger partial charge in [-0.05, 0) is 35.9 Å². The summed E-state index contributed by atoms with van der Waals surface area (Å²) in [5.41, 5.74) is 2.56. The van der Waals surface area contributed by atoms with Crippen LogP contribution in [0, 0.1) is 0 Å². The van der Waals surface area contributed by atoms with Gasteiger partial charge in [0.15, 0.2) is 0 Å². The maximum absolute atomic E-state index is 11.4. The number of nitrogens with one attached hydrogen (secondary N) is 1. The van der Waals surface area contributed by atoms with Gasteiger partial charge >= 0.3 is 5.97 Å². The molecular weight excluding hydrogens is 340 g/mol. The zero-order valence-corrected chi connectivity index (χ0v) is 14.6. The number of furan rings is 1. The van der Waals surface area contributed by atoms with Gasteiger partial charge in [-0.15, -0.1) is 12.4 Å². The number of carbonyl (C=O) groups excluding carboxylic acids is 1. The van der Waals surface area contributed by atoms with Crippen molar-refractivity contribution in [2.75, 3.05) is 7.11 Å². The summed E-state index contributed by atoms with van der Waals surface area (Å²) in [6.07, 6.45) is 3.59. The van der Waals surface area contributed by atoms with Crippen LogP contribution in [-0.2, 0) is 17.8 Å². The van der Waals surface area contributed by atoms with Gasteiger partial charge in [0.25, 0.3) is 0 Å². The molecule has 3 rings (SSSR count). The molecule has 0 fully saturated rings. The second-order valence-electron chi connectivity index (χ2n) is 5.30. The Kier molecular flexibility index (Phi) is 6.74. The van der Waals surface area contributed by atoms with Crippen molar-refractivity contribution in [1.29, 1.82) is 0 Å². The number of esters is 1. The van der Waals surface area contributed by atoms with Gasteiger partial charge in [0, 0.05) is 24.5 Å². The summed E-state index contributed by atoms with van der Waals surface area (Å²) in [6, 6.07) is 15.0. The van der Waals surface area contributed by atoms with E-state index in [0.29, 0.717) is 12.1 Å². The highest BCUT2D eigenvalue weighted by Crippen LogP contribution is 2.22.